The number of aromatic nitrogens is 3. The molecule has 19 heavy (non-hydrogen) atoms. The van der Waals surface area contributed by atoms with E-state index >= 15 is 0 Å². The van der Waals surface area contributed by atoms with Gasteiger partial charge in [0.1, 0.15) is 11.3 Å². The molecular weight excluding hydrogens is 236 g/mol. The largest absolute Gasteiger partial charge is 0.322 e. The molecule has 0 saturated heterocycles. The second kappa shape index (κ2) is 4.48. The van der Waals surface area contributed by atoms with Crippen molar-refractivity contribution < 1.29 is 0 Å². The van der Waals surface area contributed by atoms with E-state index in [1.807, 2.05) is 60.9 Å². The first-order chi connectivity index (χ1) is 9.16. The van der Waals surface area contributed by atoms with Crippen molar-refractivity contribution in [3.8, 4) is 5.69 Å². The van der Waals surface area contributed by atoms with Crippen molar-refractivity contribution in [2.45, 2.75) is 19.9 Å². The molecule has 1 atom stereocenters. The van der Waals surface area contributed by atoms with Crippen molar-refractivity contribution in [3.05, 3.63) is 54.0 Å². The van der Waals surface area contributed by atoms with E-state index in [0.29, 0.717) is 0 Å². The molecule has 4 nitrogen and oxygen atoms in total. The fourth-order valence-electron chi connectivity index (χ4n) is 2.21. The lowest BCUT2D eigenvalue weighted by molar-refractivity contribution is 0.725. The summed E-state index contributed by atoms with van der Waals surface area (Å²) in [6, 6.07) is 13.9. The molecule has 2 aromatic heterocycles. The van der Waals surface area contributed by atoms with Gasteiger partial charge in [-0.15, -0.1) is 0 Å². The fourth-order valence-corrected chi connectivity index (χ4v) is 2.21. The van der Waals surface area contributed by atoms with Crippen molar-refractivity contribution in [2.24, 2.45) is 5.73 Å². The molecule has 96 valence electrons. The number of aryl methyl sites for hydroxylation is 1. The summed E-state index contributed by atoms with van der Waals surface area (Å²) >= 11 is 0. The first-order valence-electron chi connectivity index (χ1n) is 6.34. The van der Waals surface area contributed by atoms with Gasteiger partial charge in [-0.2, -0.15) is 0 Å². The number of nitrogens with two attached hydrogens (primary N) is 1. The van der Waals surface area contributed by atoms with Crippen LogP contribution in [0.15, 0.2) is 42.5 Å². The summed E-state index contributed by atoms with van der Waals surface area (Å²) in [7, 11) is 0. The summed E-state index contributed by atoms with van der Waals surface area (Å²) in [5.41, 5.74) is 9.79. The van der Waals surface area contributed by atoms with Gasteiger partial charge in [-0.25, -0.2) is 9.97 Å². The Labute approximate surface area is 111 Å². The number of rotatable bonds is 2. The molecule has 0 bridgehead atoms. The number of imidazole rings is 1. The van der Waals surface area contributed by atoms with Gasteiger partial charge in [0.25, 0.3) is 0 Å². The van der Waals surface area contributed by atoms with Crippen LogP contribution in [0.1, 0.15) is 24.5 Å². The number of hydrogen-bond donors (Lipinski definition) is 1. The van der Waals surface area contributed by atoms with Crippen LogP contribution in [0, 0.1) is 6.92 Å². The van der Waals surface area contributed by atoms with Gasteiger partial charge in [-0.1, -0.05) is 18.2 Å². The molecule has 0 saturated carbocycles. The standard InChI is InChI=1S/C15H16N4/c1-10-8-9-13-15(17-10)19(14(18-13)11(2)16)12-6-4-3-5-7-12/h3-9,11H,16H2,1-2H3/t11-/m0/s1. The molecule has 0 unspecified atom stereocenters. The molecule has 2 heterocycles. The van der Waals surface area contributed by atoms with Gasteiger partial charge in [-0.05, 0) is 38.1 Å². The van der Waals surface area contributed by atoms with Crippen LogP contribution in [0.4, 0.5) is 0 Å². The minimum atomic E-state index is -0.144. The van der Waals surface area contributed by atoms with Crippen LogP contribution in [0.3, 0.4) is 0 Å². The molecular formula is C15H16N4. The van der Waals surface area contributed by atoms with Gasteiger partial charge in [-0.3, -0.25) is 4.57 Å². The topological polar surface area (TPSA) is 56.7 Å². The molecule has 0 fully saturated rings. The molecule has 2 N–H and O–H groups in total. The lowest BCUT2D eigenvalue weighted by atomic mass is 10.3. The fraction of sp³-hybridized carbons (Fsp3) is 0.200. The smallest absolute Gasteiger partial charge is 0.164 e. The second-order valence-corrected chi connectivity index (χ2v) is 4.73. The Morgan fingerprint density at radius 1 is 1.05 bits per heavy atom. The minimum Gasteiger partial charge on any atom is -0.322 e. The highest BCUT2D eigenvalue weighted by Gasteiger charge is 2.16. The molecule has 0 radical (unpaired) electrons. The molecule has 0 aliphatic carbocycles. The lowest BCUT2D eigenvalue weighted by Gasteiger charge is -2.10. The van der Waals surface area contributed by atoms with E-state index in [4.69, 9.17) is 5.73 Å². The van der Waals surface area contributed by atoms with Crippen molar-refractivity contribution in [2.75, 3.05) is 0 Å². The predicted molar refractivity (Wildman–Crippen MR) is 76.2 cm³/mol. The highest BCUT2D eigenvalue weighted by Crippen LogP contribution is 2.23. The number of pyridine rings is 1. The Balaban J connectivity index is 2.36. The highest BCUT2D eigenvalue weighted by atomic mass is 15.1. The molecule has 3 aromatic rings. The molecule has 3 rings (SSSR count). The Kier molecular flexibility index (Phi) is 2.80. The Morgan fingerprint density at radius 2 is 1.79 bits per heavy atom. The Hall–Kier alpha value is -2.20. The van der Waals surface area contributed by atoms with Crippen molar-refractivity contribution in [1.82, 2.24) is 14.5 Å². The summed E-state index contributed by atoms with van der Waals surface area (Å²) in [4.78, 5) is 9.21. The molecule has 1 aromatic carbocycles. The number of para-hydroxylation sites is 1. The van der Waals surface area contributed by atoms with Gasteiger partial charge in [0.15, 0.2) is 5.65 Å². The van der Waals surface area contributed by atoms with Crippen molar-refractivity contribution in [1.29, 1.82) is 0 Å². The molecule has 4 heteroatoms. The number of nitrogens with zero attached hydrogens (tertiary/aromatic N) is 3. The van der Waals surface area contributed by atoms with Crippen molar-refractivity contribution >= 4 is 11.2 Å². The van der Waals surface area contributed by atoms with Crippen LogP contribution in [0.25, 0.3) is 16.9 Å². The van der Waals surface area contributed by atoms with Crippen LogP contribution in [-0.2, 0) is 0 Å². The molecule has 0 spiro atoms. The van der Waals surface area contributed by atoms with Crippen LogP contribution < -0.4 is 5.73 Å². The highest BCUT2D eigenvalue weighted by molar-refractivity contribution is 5.74. The molecule has 0 aliphatic heterocycles. The second-order valence-electron chi connectivity index (χ2n) is 4.73. The van der Waals surface area contributed by atoms with E-state index in [-0.39, 0.29) is 6.04 Å². The van der Waals surface area contributed by atoms with E-state index in [0.717, 1.165) is 28.4 Å². The average molecular weight is 252 g/mol. The van der Waals surface area contributed by atoms with Gasteiger partial charge in [0, 0.05) is 11.4 Å². The summed E-state index contributed by atoms with van der Waals surface area (Å²) in [6.07, 6.45) is 0. The van der Waals surface area contributed by atoms with Crippen LogP contribution in [0.5, 0.6) is 0 Å². The maximum atomic E-state index is 6.04. The maximum Gasteiger partial charge on any atom is 0.164 e. The minimum absolute atomic E-state index is 0.144. The zero-order chi connectivity index (χ0) is 13.4. The van der Waals surface area contributed by atoms with E-state index in [1.165, 1.54) is 0 Å². The van der Waals surface area contributed by atoms with E-state index in [9.17, 15) is 0 Å². The molecule has 0 amide bonds. The monoisotopic (exact) mass is 252 g/mol. The third-order valence-corrected chi connectivity index (χ3v) is 3.09. The first kappa shape index (κ1) is 11.9. The zero-order valence-electron chi connectivity index (χ0n) is 11.0. The van der Waals surface area contributed by atoms with E-state index in [1.54, 1.807) is 0 Å². The predicted octanol–water partition coefficient (Wildman–Crippen LogP) is 2.75. The third-order valence-electron chi connectivity index (χ3n) is 3.09. The maximum absolute atomic E-state index is 6.04. The van der Waals surface area contributed by atoms with Crippen LogP contribution in [0.2, 0.25) is 0 Å². The number of benzene rings is 1. The Morgan fingerprint density at radius 3 is 2.47 bits per heavy atom. The lowest BCUT2D eigenvalue weighted by Crippen LogP contribution is -2.12. The normalized spacial score (nSPS) is 12.8. The molecule has 0 aliphatic rings. The first-order valence-corrected chi connectivity index (χ1v) is 6.34. The van der Waals surface area contributed by atoms with E-state index < -0.39 is 0 Å². The summed E-state index contributed by atoms with van der Waals surface area (Å²) in [5, 5.41) is 0. The quantitative estimate of drug-likeness (QED) is 0.763. The number of hydrogen-bond acceptors (Lipinski definition) is 3. The zero-order valence-corrected chi connectivity index (χ0v) is 11.0. The third kappa shape index (κ3) is 2.00. The van der Waals surface area contributed by atoms with Gasteiger partial charge < -0.3 is 5.73 Å². The van der Waals surface area contributed by atoms with Gasteiger partial charge in [0.2, 0.25) is 0 Å². The summed E-state index contributed by atoms with van der Waals surface area (Å²) in [5.74, 6) is 0.833. The van der Waals surface area contributed by atoms with Crippen LogP contribution in [-0.4, -0.2) is 14.5 Å². The van der Waals surface area contributed by atoms with Crippen molar-refractivity contribution in [3.63, 3.8) is 0 Å². The van der Waals surface area contributed by atoms with Gasteiger partial charge >= 0.3 is 0 Å². The summed E-state index contributed by atoms with van der Waals surface area (Å²) in [6.45, 7) is 3.92. The summed E-state index contributed by atoms with van der Waals surface area (Å²) < 4.78 is 2.03. The van der Waals surface area contributed by atoms with Crippen LogP contribution >= 0.6 is 0 Å². The SMILES string of the molecule is Cc1ccc2nc([C@H](C)N)n(-c3ccccc3)c2n1. The van der Waals surface area contributed by atoms with Gasteiger partial charge in [0.05, 0.1) is 6.04 Å². The number of fused-ring (bicyclic) bond motifs is 1. The van der Waals surface area contributed by atoms with E-state index in [2.05, 4.69) is 9.97 Å². The Bertz CT molecular complexity index is 714. The average Bonchev–Trinajstić information content (AvgIpc) is 2.78.